The van der Waals surface area contributed by atoms with Gasteiger partial charge in [-0.15, -0.1) is 0 Å². The molecule has 0 heterocycles. The number of hydrogen-bond acceptors (Lipinski definition) is 2. The van der Waals surface area contributed by atoms with Gasteiger partial charge in [-0.2, -0.15) is 0 Å². The Hall–Kier alpha value is -0.680. The maximum absolute atomic E-state index is 13.4. The summed E-state index contributed by atoms with van der Waals surface area (Å²) in [5.41, 5.74) is -0.00812. The van der Waals surface area contributed by atoms with Gasteiger partial charge in [0.1, 0.15) is 5.82 Å². The Morgan fingerprint density at radius 3 is 2.71 bits per heavy atom. The maximum Gasteiger partial charge on any atom is 0.166 e. The fourth-order valence-corrected chi connectivity index (χ4v) is 1.55. The minimum absolute atomic E-state index is 0.00812. The molecule has 1 aromatic carbocycles. The summed E-state index contributed by atoms with van der Waals surface area (Å²) in [5, 5.41) is 12.1. The van der Waals surface area contributed by atoms with E-state index in [1.54, 1.807) is 7.05 Å². The molecule has 0 aromatic heterocycles. The molecule has 2 nitrogen and oxygen atoms in total. The van der Waals surface area contributed by atoms with Crippen LogP contribution in [-0.4, -0.2) is 18.7 Å². The van der Waals surface area contributed by atoms with Crippen molar-refractivity contribution < 1.29 is 13.9 Å². The van der Waals surface area contributed by atoms with Crippen LogP contribution in [0.2, 0.25) is 0 Å². The van der Waals surface area contributed by atoms with Crippen LogP contribution in [-0.2, 0) is 6.42 Å². The van der Waals surface area contributed by atoms with E-state index in [-0.39, 0.29) is 16.5 Å². The standard InChI is InChI=1S/C9H10BrF2NO/c1-13-3-2-5-8(12)6(10)4-7(11)9(5)14/h4,13-14H,2-3H2,1H3. The molecule has 0 amide bonds. The van der Waals surface area contributed by atoms with E-state index in [1.165, 1.54) is 0 Å². The molecule has 0 atom stereocenters. The average molecular weight is 266 g/mol. The van der Waals surface area contributed by atoms with Crippen LogP contribution in [0.4, 0.5) is 8.78 Å². The minimum atomic E-state index is -0.815. The van der Waals surface area contributed by atoms with Crippen molar-refractivity contribution in [2.45, 2.75) is 6.42 Å². The van der Waals surface area contributed by atoms with Gasteiger partial charge in [0.15, 0.2) is 11.6 Å². The Morgan fingerprint density at radius 1 is 1.50 bits per heavy atom. The third-order valence-electron chi connectivity index (χ3n) is 1.87. The van der Waals surface area contributed by atoms with Gasteiger partial charge in [0, 0.05) is 5.56 Å². The van der Waals surface area contributed by atoms with Crippen molar-refractivity contribution in [2.75, 3.05) is 13.6 Å². The van der Waals surface area contributed by atoms with Crippen LogP contribution in [0.3, 0.4) is 0 Å². The number of aromatic hydroxyl groups is 1. The molecule has 0 bridgehead atoms. The summed E-state index contributed by atoms with van der Waals surface area (Å²) in [6, 6.07) is 0.910. The van der Waals surface area contributed by atoms with E-state index in [1.807, 2.05) is 0 Å². The van der Waals surface area contributed by atoms with E-state index in [4.69, 9.17) is 0 Å². The Labute approximate surface area is 89.1 Å². The number of likely N-dealkylation sites (N-methyl/N-ethyl adjacent to an activating group) is 1. The number of nitrogens with one attached hydrogen (secondary N) is 1. The molecular formula is C9H10BrF2NO. The van der Waals surface area contributed by atoms with Crippen molar-refractivity contribution in [1.82, 2.24) is 5.32 Å². The second-order valence-corrected chi connectivity index (χ2v) is 3.69. The molecule has 2 N–H and O–H groups in total. The van der Waals surface area contributed by atoms with Gasteiger partial charge in [0.25, 0.3) is 0 Å². The van der Waals surface area contributed by atoms with E-state index in [0.29, 0.717) is 6.54 Å². The molecule has 0 spiro atoms. The fraction of sp³-hybridized carbons (Fsp3) is 0.333. The summed E-state index contributed by atoms with van der Waals surface area (Å²) < 4.78 is 26.4. The first kappa shape index (κ1) is 11.4. The van der Waals surface area contributed by atoms with Crippen LogP contribution in [0.25, 0.3) is 0 Å². The topological polar surface area (TPSA) is 32.3 Å². The number of rotatable bonds is 3. The molecule has 0 aliphatic carbocycles. The van der Waals surface area contributed by atoms with Crippen molar-refractivity contribution >= 4 is 15.9 Å². The monoisotopic (exact) mass is 265 g/mol. The smallest absolute Gasteiger partial charge is 0.166 e. The molecular weight excluding hydrogens is 256 g/mol. The van der Waals surface area contributed by atoms with Gasteiger partial charge in [-0.1, -0.05) is 0 Å². The Bertz CT molecular complexity index is 318. The van der Waals surface area contributed by atoms with Crippen molar-refractivity contribution in [3.8, 4) is 5.75 Å². The molecule has 0 aliphatic rings. The highest BCUT2D eigenvalue weighted by molar-refractivity contribution is 9.10. The van der Waals surface area contributed by atoms with Gasteiger partial charge in [0.2, 0.25) is 0 Å². The first-order valence-corrected chi connectivity index (χ1v) is 4.87. The highest BCUT2D eigenvalue weighted by atomic mass is 79.9. The SMILES string of the molecule is CNCCc1c(O)c(F)cc(Br)c1F. The zero-order valence-corrected chi connectivity index (χ0v) is 9.16. The third kappa shape index (κ3) is 2.22. The zero-order chi connectivity index (χ0) is 10.7. The van der Waals surface area contributed by atoms with Gasteiger partial charge < -0.3 is 10.4 Å². The molecule has 5 heteroatoms. The maximum atomic E-state index is 13.4. The first-order chi connectivity index (χ1) is 6.57. The van der Waals surface area contributed by atoms with Crippen LogP contribution in [0.15, 0.2) is 10.5 Å². The molecule has 1 rings (SSSR count). The van der Waals surface area contributed by atoms with Gasteiger partial charge in [0.05, 0.1) is 4.47 Å². The van der Waals surface area contributed by atoms with Crippen LogP contribution in [0.1, 0.15) is 5.56 Å². The average Bonchev–Trinajstić information content (AvgIpc) is 2.15. The van der Waals surface area contributed by atoms with E-state index in [2.05, 4.69) is 21.2 Å². The van der Waals surface area contributed by atoms with E-state index in [0.717, 1.165) is 6.07 Å². The van der Waals surface area contributed by atoms with Crippen LogP contribution >= 0.6 is 15.9 Å². The first-order valence-electron chi connectivity index (χ1n) is 4.08. The van der Waals surface area contributed by atoms with E-state index >= 15 is 0 Å². The van der Waals surface area contributed by atoms with Gasteiger partial charge in [-0.25, -0.2) is 8.78 Å². The second-order valence-electron chi connectivity index (χ2n) is 2.83. The number of benzene rings is 1. The molecule has 0 saturated heterocycles. The number of phenolic OH excluding ortho intramolecular Hbond substituents is 1. The molecule has 0 saturated carbocycles. The zero-order valence-electron chi connectivity index (χ0n) is 7.57. The summed E-state index contributed by atoms with van der Waals surface area (Å²) in [6.45, 7) is 0.473. The van der Waals surface area contributed by atoms with Gasteiger partial charge in [-0.3, -0.25) is 0 Å². The second kappa shape index (κ2) is 4.70. The summed E-state index contributed by atoms with van der Waals surface area (Å²) in [6.07, 6.45) is 0.241. The number of hydrogen-bond donors (Lipinski definition) is 2. The third-order valence-corrected chi connectivity index (χ3v) is 2.44. The lowest BCUT2D eigenvalue weighted by Gasteiger charge is -2.08. The molecule has 78 valence electrons. The normalized spacial score (nSPS) is 10.6. The minimum Gasteiger partial charge on any atom is -0.505 e. The van der Waals surface area contributed by atoms with Gasteiger partial charge in [-0.05, 0) is 42.0 Å². The van der Waals surface area contributed by atoms with E-state index in [9.17, 15) is 13.9 Å². The van der Waals surface area contributed by atoms with Crippen molar-refractivity contribution in [2.24, 2.45) is 0 Å². The Kier molecular flexibility index (Phi) is 3.83. The predicted molar refractivity (Wildman–Crippen MR) is 53.4 cm³/mol. The highest BCUT2D eigenvalue weighted by Crippen LogP contribution is 2.30. The number of phenols is 1. The Balaban J connectivity index is 3.11. The quantitative estimate of drug-likeness (QED) is 0.822. The van der Waals surface area contributed by atoms with Crippen LogP contribution in [0, 0.1) is 11.6 Å². The molecule has 0 aliphatic heterocycles. The van der Waals surface area contributed by atoms with E-state index < -0.39 is 17.4 Å². The largest absolute Gasteiger partial charge is 0.505 e. The number of halogens is 3. The van der Waals surface area contributed by atoms with Crippen molar-refractivity contribution in [3.05, 3.63) is 27.7 Å². The lowest BCUT2D eigenvalue weighted by molar-refractivity contribution is 0.416. The van der Waals surface area contributed by atoms with Crippen molar-refractivity contribution in [3.63, 3.8) is 0 Å². The highest BCUT2D eigenvalue weighted by Gasteiger charge is 2.15. The molecule has 0 radical (unpaired) electrons. The summed E-state index contributed by atoms with van der Waals surface area (Å²) in [7, 11) is 1.70. The van der Waals surface area contributed by atoms with Gasteiger partial charge >= 0.3 is 0 Å². The lowest BCUT2D eigenvalue weighted by atomic mass is 10.1. The predicted octanol–water partition coefficient (Wildman–Crippen LogP) is 2.19. The molecule has 0 unspecified atom stereocenters. The lowest BCUT2D eigenvalue weighted by Crippen LogP contribution is -2.11. The van der Waals surface area contributed by atoms with Crippen molar-refractivity contribution in [1.29, 1.82) is 0 Å². The summed E-state index contributed by atoms with van der Waals surface area (Å²) in [5.74, 6) is -2.04. The summed E-state index contributed by atoms with van der Waals surface area (Å²) in [4.78, 5) is 0. The fourth-order valence-electron chi connectivity index (χ4n) is 1.11. The molecule has 1 aromatic rings. The molecule has 14 heavy (non-hydrogen) atoms. The molecule has 0 fully saturated rings. The van der Waals surface area contributed by atoms with Crippen LogP contribution in [0.5, 0.6) is 5.75 Å². The van der Waals surface area contributed by atoms with Crippen LogP contribution < -0.4 is 5.32 Å². The Morgan fingerprint density at radius 2 is 2.14 bits per heavy atom. The summed E-state index contributed by atoms with van der Waals surface area (Å²) >= 11 is 2.88.